The van der Waals surface area contributed by atoms with E-state index in [1.54, 1.807) is 6.07 Å². The number of likely N-dealkylation sites (tertiary alicyclic amines) is 1. The standard InChI is InChI=1S/C16H22FN3O/c1-10-4-11(17)6-12(5-10)18-16(21)20-8-14-13(7-19(2)3)15(14)9-20/h4-6,13-15H,7-9H2,1-3H3,(H,18,21)/t13?,14-,15+. The zero-order valence-corrected chi connectivity index (χ0v) is 12.8. The second-order valence-corrected chi connectivity index (χ2v) is 6.61. The highest BCUT2D eigenvalue weighted by molar-refractivity contribution is 5.89. The van der Waals surface area contributed by atoms with E-state index in [2.05, 4.69) is 24.3 Å². The van der Waals surface area contributed by atoms with Gasteiger partial charge >= 0.3 is 6.03 Å². The molecule has 1 saturated heterocycles. The molecule has 2 aliphatic rings. The average molecular weight is 291 g/mol. The highest BCUT2D eigenvalue weighted by atomic mass is 19.1. The van der Waals surface area contributed by atoms with Gasteiger partial charge in [-0.15, -0.1) is 0 Å². The molecule has 1 unspecified atom stereocenters. The summed E-state index contributed by atoms with van der Waals surface area (Å²) in [6, 6.07) is 4.48. The van der Waals surface area contributed by atoms with Crippen LogP contribution in [0.15, 0.2) is 18.2 Å². The van der Waals surface area contributed by atoms with Gasteiger partial charge in [0.2, 0.25) is 0 Å². The SMILES string of the molecule is Cc1cc(F)cc(NC(=O)N2C[C@@H]3C(CN(C)C)[C@@H]3C2)c1. The molecular formula is C16H22FN3O. The third-order valence-corrected chi connectivity index (χ3v) is 4.53. The number of nitrogens with zero attached hydrogens (tertiary/aromatic N) is 2. The van der Waals surface area contributed by atoms with Crippen LogP contribution >= 0.6 is 0 Å². The van der Waals surface area contributed by atoms with E-state index in [4.69, 9.17) is 0 Å². The van der Waals surface area contributed by atoms with E-state index in [0.717, 1.165) is 31.1 Å². The first-order chi connectivity index (χ1) is 9.94. The third-order valence-electron chi connectivity index (χ3n) is 4.53. The van der Waals surface area contributed by atoms with Gasteiger partial charge in [0.15, 0.2) is 0 Å². The van der Waals surface area contributed by atoms with E-state index < -0.39 is 0 Å². The molecule has 5 heteroatoms. The summed E-state index contributed by atoms with van der Waals surface area (Å²) < 4.78 is 13.3. The second kappa shape index (κ2) is 5.30. The first kappa shape index (κ1) is 14.3. The van der Waals surface area contributed by atoms with Gasteiger partial charge in [0, 0.05) is 25.3 Å². The lowest BCUT2D eigenvalue weighted by atomic mass is 10.2. The number of benzene rings is 1. The van der Waals surface area contributed by atoms with Gasteiger partial charge in [0.1, 0.15) is 5.82 Å². The molecule has 3 rings (SSSR count). The number of urea groups is 1. The monoisotopic (exact) mass is 291 g/mol. The van der Waals surface area contributed by atoms with Crippen LogP contribution < -0.4 is 5.32 Å². The fourth-order valence-corrected chi connectivity index (χ4v) is 3.52. The average Bonchev–Trinajstić information content (AvgIpc) is 2.83. The molecule has 1 aliphatic heterocycles. The van der Waals surface area contributed by atoms with E-state index in [1.165, 1.54) is 12.1 Å². The van der Waals surface area contributed by atoms with Gasteiger partial charge in [-0.2, -0.15) is 0 Å². The molecule has 1 heterocycles. The number of rotatable bonds is 3. The Hall–Kier alpha value is -1.62. The third kappa shape index (κ3) is 3.02. The zero-order valence-electron chi connectivity index (χ0n) is 12.8. The number of aryl methyl sites for hydroxylation is 1. The van der Waals surface area contributed by atoms with Crippen LogP contribution in [0, 0.1) is 30.5 Å². The van der Waals surface area contributed by atoms with Crippen LogP contribution in [0.3, 0.4) is 0 Å². The fraction of sp³-hybridized carbons (Fsp3) is 0.562. The van der Waals surface area contributed by atoms with Crippen molar-refractivity contribution in [3.05, 3.63) is 29.6 Å². The summed E-state index contributed by atoms with van der Waals surface area (Å²) in [5.74, 6) is 1.71. The minimum atomic E-state index is -0.319. The first-order valence-corrected chi connectivity index (χ1v) is 7.42. The Morgan fingerprint density at radius 3 is 2.57 bits per heavy atom. The smallest absolute Gasteiger partial charge is 0.321 e. The van der Waals surface area contributed by atoms with Crippen molar-refractivity contribution < 1.29 is 9.18 Å². The summed E-state index contributed by atoms with van der Waals surface area (Å²) in [4.78, 5) is 16.3. The maximum Gasteiger partial charge on any atom is 0.321 e. The zero-order chi connectivity index (χ0) is 15.1. The highest BCUT2D eigenvalue weighted by Crippen LogP contribution is 2.51. The molecular weight excluding hydrogens is 269 g/mol. The minimum Gasteiger partial charge on any atom is -0.324 e. The van der Waals surface area contributed by atoms with Gasteiger partial charge in [0.25, 0.3) is 0 Å². The van der Waals surface area contributed by atoms with E-state index in [1.807, 2.05) is 11.8 Å². The molecule has 1 aromatic rings. The Morgan fingerprint density at radius 2 is 2.00 bits per heavy atom. The second-order valence-electron chi connectivity index (χ2n) is 6.61. The number of nitrogens with one attached hydrogen (secondary N) is 1. The van der Waals surface area contributed by atoms with Crippen LogP contribution in [0.5, 0.6) is 0 Å². The van der Waals surface area contributed by atoms with Crippen molar-refractivity contribution in [1.29, 1.82) is 0 Å². The summed E-state index contributed by atoms with van der Waals surface area (Å²) in [6.07, 6.45) is 0. The van der Waals surface area contributed by atoms with Crippen LogP contribution in [-0.2, 0) is 0 Å². The number of amides is 2. The number of fused-ring (bicyclic) bond motifs is 1. The molecule has 0 aromatic heterocycles. The maximum atomic E-state index is 13.3. The molecule has 3 atom stereocenters. The van der Waals surface area contributed by atoms with Crippen LogP contribution in [0.25, 0.3) is 0 Å². The van der Waals surface area contributed by atoms with E-state index in [-0.39, 0.29) is 11.8 Å². The first-order valence-electron chi connectivity index (χ1n) is 7.42. The maximum absolute atomic E-state index is 13.3. The predicted octanol–water partition coefficient (Wildman–Crippen LogP) is 2.41. The number of halogens is 1. The molecule has 2 amide bonds. The predicted molar refractivity (Wildman–Crippen MR) is 80.8 cm³/mol. The van der Waals surface area contributed by atoms with Crippen molar-refractivity contribution >= 4 is 11.7 Å². The highest BCUT2D eigenvalue weighted by Gasteiger charge is 2.56. The Bertz CT molecular complexity index is 528. The number of carbonyl (C=O) groups excluding carboxylic acids is 1. The molecule has 1 N–H and O–H groups in total. The van der Waals surface area contributed by atoms with Crippen LogP contribution in [0.4, 0.5) is 14.9 Å². The van der Waals surface area contributed by atoms with E-state index >= 15 is 0 Å². The quantitative estimate of drug-likeness (QED) is 0.928. The van der Waals surface area contributed by atoms with Gasteiger partial charge in [-0.1, -0.05) is 0 Å². The van der Waals surface area contributed by atoms with Crippen molar-refractivity contribution in [3.63, 3.8) is 0 Å². The van der Waals surface area contributed by atoms with Gasteiger partial charge in [-0.3, -0.25) is 0 Å². The molecule has 1 saturated carbocycles. The number of piperidine rings is 1. The number of anilines is 1. The topological polar surface area (TPSA) is 35.6 Å². The molecule has 1 aromatic carbocycles. The molecule has 114 valence electrons. The molecule has 0 bridgehead atoms. The van der Waals surface area contributed by atoms with Crippen molar-refractivity contribution in [2.75, 3.05) is 39.0 Å². The number of hydrogen-bond acceptors (Lipinski definition) is 2. The van der Waals surface area contributed by atoms with Gasteiger partial charge < -0.3 is 15.1 Å². The molecule has 1 aliphatic carbocycles. The number of hydrogen-bond donors (Lipinski definition) is 1. The normalized spacial score (nSPS) is 26.9. The Balaban J connectivity index is 1.54. The minimum absolute atomic E-state index is 0.115. The molecule has 21 heavy (non-hydrogen) atoms. The van der Waals surface area contributed by atoms with Gasteiger partial charge in [0.05, 0.1) is 0 Å². The molecule has 0 spiro atoms. The Kier molecular flexibility index (Phi) is 3.61. The van der Waals surface area contributed by atoms with E-state index in [0.29, 0.717) is 17.5 Å². The summed E-state index contributed by atoms with van der Waals surface area (Å²) >= 11 is 0. The van der Waals surface area contributed by atoms with Crippen LogP contribution in [0.1, 0.15) is 5.56 Å². The lowest BCUT2D eigenvalue weighted by molar-refractivity contribution is 0.212. The summed E-state index contributed by atoms with van der Waals surface area (Å²) in [5, 5.41) is 2.80. The Labute approximate surface area is 124 Å². The van der Waals surface area contributed by atoms with Gasteiger partial charge in [-0.05, 0) is 62.5 Å². The number of carbonyl (C=O) groups is 1. The lowest BCUT2D eigenvalue weighted by Crippen LogP contribution is -2.36. The lowest BCUT2D eigenvalue weighted by Gasteiger charge is -2.21. The summed E-state index contributed by atoms with van der Waals surface area (Å²) in [7, 11) is 4.18. The molecule has 2 fully saturated rings. The van der Waals surface area contributed by atoms with Crippen molar-refractivity contribution in [3.8, 4) is 0 Å². The van der Waals surface area contributed by atoms with Crippen molar-refractivity contribution in [2.24, 2.45) is 17.8 Å². The van der Waals surface area contributed by atoms with Gasteiger partial charge in [-0.25, -0.2) is 9.18 Å². The summed E-state index contributed by atoms with van der Waals surface area (Å²) in [5.41, 5.74) is 1.34. The van der Waals surface area contributed by atoms with Crippen LogP contribution in [0.2, 0.25) is 0 Å². The largest absolute Gasteiger partial charge is 0.324 e. The van der Waals surface area contributed by atoms with Crippen LogP contribution in [-0.4, -0.2) is 49.6 Å². The Morgan fingerprint density at radius 1 is 1.33 bits per heavy atom. The van der Waals surface area contributed by atoms with Crippen molar-refractivity contribution in [2.45, 2.75) is 6.92 Å². The molecule has 4 nitrogen and oxygen atoms in total. The summed E-state index contributed by atoms with van der Waals surface area (Å²) in [6.45, 7) is 4.57. The molecule has 0 radical (unpaired) electrons. The van der Waals surface area contributed by atoms with Crippen molar-refractivity contribution in [1.82, 2.24) is 9.80 Å². The fourth-order valence-electron chi connectivity index (χ4n) is 3.52. The van der Waals surface area contributed by atoms with E-state index in [9.17, 15) is 9.18 Å².